The van der Waals surface area contributed by atoms with E-state index < -0.39 is 38.7 Å². The molecule has 0 aliphatic carbocycles. The molecule has 1 aliphatic rings. The fourth-order valence-corrected chi connectivity index (χ4v) is 5.03. The average Bonchev–Trinajstić information content (AvgIpc) is 3.21. The molecule has 0 radical (unpaired) electrons. The third kappa shape index (κ3) is 4.45. The number of rotatable bonds is 5. The van der Waals surface area contributed by atoms with Crippen LogP contribution in [0.1, 0.15) is 12.5 Å². The Morgan fingerprint density at radius 1 is 1.12 bits per heavy atom. The Labute approximate surface area is 201 Å². The molecule has 34 heavy (non-hydrogen) atoms. The highest BCUT2D eigenvalue weighted by Crippen LogP contribution is 2.44. The first-order chi connectivity index (χ1) is 15.7. The Hall–Kier alpha value is -2.80. The van der Waals surface area contributed by atoms with Crippen molar-refractivity contribution in [1.82, 2.24) is 9.55 Å². The summed E-state index contributed by atoms with van der Waals surface area (Å²) in [5.41, 5.74) is -1.05. The molecule has 0 fully saturated rings. The van der Waals surface area contributed by atoms with Crippen molar-refractivity contribution in [2.45, 2.75) is 30.3 Å². The van der Waals surface area contributed by atoms with Crippen molar-refractivity contribution < 1.29 is 35.7 Å². The monoisotopic (exact) mass is 535 g/mol. The van der Waals surface area contributed by atoms with Crippen molar-refractivity contribution in [3.8, 4) is 5.75 Å². The van der Waals surface area contributed by atoms with E-state index in [1.807, 2.05) is 0 Å². The second kappa shape index (κ2) is 8.15. The SMILES string of the molecule is C[C@@]1(Cc2ccc(OC(F)(F)F)cc2)C(=O)N(c2cc(Cl)cc(Cl)c2)c2ncc(S(=O)(=O)O)n21. The van der Waals surface area contributed by atoms with Gasteiger partial charge in [-0.2, -0.15) is 8.42 Å². The zero-order chi connectivity index (χ0) is 25.1. The number of alkyl halides is 3. The van der Waals surface area contributed by atoms with Gasteiger partial charge < -0.3 is 4.74 Å². The summed E-state index contributed by atoms with van der Waals surface area (Å²) < 4.78 is 76.0. The lowest BCUT2D eigenvalue weighted by atomic mass is 9.92. The van der Waals surface area contributed by atoms with Gasteiger partial charge in [0.1, 0.15) is 11.3 Å². The predicted molar refractivity (Wildman–Crippen MR) is 116 cm³/mol. The van der Waals surface area contributed by atoms with Gasteiger partial charge in [-0.05, 0) is 42.8 Å². The Morgan fingerprint density at radius 2 is 1.71 bits per heavy atom. The Balaban J connectivity index is 1.81. The molecular formula is C20H14Cl2F3N3O5S. The number of imidazole rings is 1. The van der Waals surface area contributed by atoms with Crippen molar-refractivity contribution in [3.05, 3.63) is 64.3 Å². The minimum atomic E-state index is -4.87. The van der Waals surface area contributed by atoms with Gasteiger partial charge in [0.25, 0.3) is 5.91 Å². The van der Waals surface area contributed by atoms with Gasteiger partial charge in [0, 0.05) is 16.5 Å². The number of fused-ring (bicyclic) bond motifs is 1. The van der Waals surface area contributed by atoms with E-state index in [4.69, 9.17) is 23.2 Å². The van der Waals surface area contributed by atoms with Gasteiger partial charge in [-0.25, -0.2) is 9.88 Å². The minimum absolute atomic E-state index is 0.115. The summed E-state index contributed by atoms with van der Waals surface area (Å²) in [4.78, 5) is 18.8. The molecule has 1 amide bonds. The topological polar surface area (TPSA) is 102 Å². The van der Waals surface area contributed by atoms with Crippen LogP contribution in [-0.2, 0) is 26.9 Å². The summed E-state index contributed by atoms with van der Waals surface area (Å²) in [6, 6.07) is 9.04. The average molecular weight is 536 g/mol. The van der Waals surface area contributed by atoms with E-state index in [-0.39, 0.29) is 28.1 Å². The number of hydrogen-bond donors (Lipinski definition) is 1. The standard InChI is InChI=1S/C20H14Cl2F3N3O5S/c1-19(9-11-2-4-15(5-3-11)33-20(23,24)25)17(29)27(14-7-12(21)6-13(22)8-14)18-26-10-16(28(18)19)34(30,31)32/h2-8,10H,9H2,1H3,(H,30,31,32)/t19-/m1/s1. The lowest BCUT2D eigenvalue weighted by Crippen LogP contribution is -2.41. The number of carbonyl (C=O) groups excluding carboxylic acids is 1. The van der Waals surface area contributed by atoms with Crippen molar-refractivity contribution in [3.63, 3.8) is 0 Å². The maximum atomic E-state index is 13.6. The summed E-state index contributed by atoms with van der Waals surface area (Å²) in [6.07, 6.45) is -4.13. The number of amides is 1. The molecular weight excluding hydrogens is 522 g/mol. The molecule has 1 aliphatic heterocycles. The zero-order valence-electron chi connectivity index (χ0n) is 17.0. The molecule has 2 aromatic carbocycles. The van der Waals surface area contributed by atoms with Crippen molar-refractivity contribution in [1.29, 1.82) is 0 Å². The largest absolute Gasteiger partial charge is 0.573 e. The quantitative estimate of drug-likeness (QED) is 0.462. The predicted octanol–water partition coefficient (Wildman–Crippen LogP) is 4.97. The molecule has 0 spiro atoms. The van der Waals surface area contributed by atoms with Crippen LogP contribution in [0.5, 0.6) is 5.75 Å². The van der Waals surface area contributed by atoms with Gasteiger partial charge in [-0.15, -0.1) is 13.2 Å². The smallest absolute Gasteiger partial charge is 0.406 e. The van der Waals surface area contributed by atoms with E-state index in [1.54, 1.807) is 0 Å². The highest BCUT2D eigenvalue weighted by Gasteiger charge is 2.51. The molecule has 1 aromatic heterocycles. The summed E-state index contributed by atoms with van der Waals surface area (Å²) in [6.45, 7) is 1.42. The van der Waals surface area contributed by atoms with Gasteiger partial charge in [0.15, 0.2) is 5.03 Å². The Morgan fingerprint density at radius 3 is 2.24 bits per heavy atom. The summed E-state index contributed by atoms with van der Waals surface area (Å²) in [7, 11) is -4.80. The zero-order valence-corrected chi connectivity index (χ0v) is 19.4. The van der Waals surface area contributed by atoms with Crippen LogP contribution in [0.3, 0.4) is 0 Å². The maximum Gasteiger partial charge on any atom is 0.573 e. The molecule has 4 rings (SSSR count). The second-order valence-corrected chi connectivity index (χ2v) is 9.86. The van der Waals surface area contributed by atoms with Crippen LogP contribution < -0.4 is 9.64 Å². The van der Waals surface area contributed by atoms with Crippen LogP contribution in [0.2, 0.25) is 10.0 Å². The molecule has 2 heterocycles. The number of anilines is 2. The Bertz CT molecular complexity index is 1370. The van der Waals surface area contributed by atoms with Crippen LogP contribution in [0.4, 0.5) is 24.8 Å². The lowest BCUT2D eigenvalue weighted by molar-refractivity contribution is -0.274. The highest BCUT2D eigenvalue weighted by atomic mass is 35.5. The number of carbonyl (C=O) groups is 1. The van der Waals surface area contributed by atoms with Gasteiger partial charge in [0.2, 0.25) is 5.95 Å². The molecule has 0 saturated heterocycles. The van der Waals surface area contributed by atoms with Crippen LogP contribution in [-0.4, -0.2) is 34.8 Å². The molecule has 180 valence electrons. The first kappa shape index (κ1) is 24.3. The number of hydrogen-bond acceptors (Lipinski definition) is 5. The third-order valence-corrected chi connectivity index (χ3v) is 6.40. The third-order valence-electron chi connectivity index (χ3n) is 5.14. The van der Waals surface area contributed by atoms with E-state index in [2.05, 4.69) is 9.72 Å². The number of halogens is 5. The maximum absolute atomic E-state index is 13.6. The van der Waals surface area contributed by atoms with Crippen LogP contribution in [0.15, 0.2) is 53.7 Å². The molecule has 0 unspecified atom stereocenters. The number of benzene rings is 2. The van der Waals surface area contributed by atoms with Crippen molar-refractivity contribution >= 4 is 50.9 Å². The number of ether oxygens (including phenoxy) is 1. The molecule has 1 N–H and O–H groups in total. The molecule has 0 saturated carbocycles. The normalized spacial score (nSPS) is 18.3. The molecule has 1 atom stereocenters. The van der Waals surface area contributed by atoms with E-state index in [9.17, 15) is 30.9 Å². The fraction of sp³-hybridized carbons (Fsp3) is 0.200. The molecule has 0 bridgehead atoms. The Kier molecular flexibility index (Phi) is 5.83. The molecule has 3 aromatic rings. The van der Waals surface area contributed by atoms with Gasteiger partial charge in [-0.1, -0.05) is 35.3 Å². The van der Waals surface area contributed by atoms with Crippen LogP contribution in [0, 0.1) is 0 Å². The van der Waals surface area contributed by atoms with E-state index >= 15 is 0 Å². The first-order valence-electron chi connectivity index (χ1n) is 9.40. The van der Waals surface area contributed by atoms with E-state index in [0.29, 0.717) is 5.56 Å². The molecule has 14 heteroatoms. The van der Waals surface area contributed by atoms with Gasteiger partial charge in [-0.3, -0.25) is 13.9 Å². The lowest BCUT2D eigenvalue weighted by Gasteiger charge is -2.26. The summed E-state index contributed by atoms with van der Waals surface area (Å²) >= 11 is 12.1. The number of aromatic nitrogens is 2. The van der Waals surface area contributed by atoms with Gasteiger partial charge >= 0.3 is 16.5 Å². The summed E-state index contributed by atoms with van der Waals surface area (Å²) in [5.74, 6) is -1.21. The van der Waals surface area contributed by atoms with E-state index in [0.717, 1.165) is 27.8 Å². The van der Waals surface area contributed by atoms with Gasteiger partial charge in [0.05, 0.1) is 11.9 Å². The highest BCUT2D eigenvalue weighted by molar-refractivity contribution is 7.85. The van der Waals surface area contributed by atoms with Crippen LogP contribution in [0.25, 0.3) is 0 Å². The fourth-order valence-electron chi connectivity index (χ4n) is 3.82. The second-order valence-electron chi connectivity index (χ2n) is 7.62. The minimum Gasteiger partial charge on any atom is -0.406 e. The van der Waals surface area contributed by atoms with Crippen molar-refractivity contribution in [2.24, 2.45) is 0 Å². The first-order valence-corrected chi connectivity index (χ1v) is 11.6. The number of nitrogens with zero attached hydrogens (tertiary/aromatic N) is 3. The molecule has 8 nitrogen and oxygen atoms in total. The summed E-state index contributed by atoms with van der Waals surface area (Å²) in [5, 5.41) is -0.222. The van der Waals surface area contributed by atoms with Crippen molar-refractivity contribution in [2.75, 3.05) is 4.90 Å². The van der Waals surface area contributed by atoms with Crippen LogP contribution >= 0.6 is 23.2 Å². The van der Waals surface area contributed by atoms with E-state index in [1.165, 1.54) is 37.3 Å².